The van der Waals surface area contributed by atoms with Crippen LogP contribution in [0.4, 0.5) is 4.79 Å². The zero-order valence-electron chi connectivity index (χ0n) is 10.5. The average Bonchev–Trinajstić information content (AvgIpc) is 2.88. The first-order chi connectivity index (χ1) is 9.07. The Morgan fingerprint density at radius 3 is 2.79 bits per heavy atom. The second-order valence-corrected chi connectivity index (χ2v) is 4.74. The van der Waals surface area contributed by atoms with Crippen molar-refractivity contribution in [2.24, 2.45) is 0 Å². The lowest BCUT2D eigenvalue weighted by molar-refractivity contribution is -0.144. The number of aliphatic carboxylic acids is 1. The van der Waals surface area contributed by atoms with Gasteiger partial charge in [-0.25, -0.2) is 9.59 Å². The van der Waals surface area contributed by atoms with E-state index in [1.807, 2.05) is 0 Å². The van der Waals surface area contributed by atoms with Crippen molar-refractivity contribution < 1.29 is 29.3 Å². The Morgan fingerprint density at radius 1 is 1.42 bits per heavy atom. The largest absolute Gasteiger partial charge is 0.479 e. The molecule has 8 heteroatoms. The fraction of sp³-hybridized carbons (Fsp3) is 0.818. The summed E-state index contributed by atoms with van der Waals surface area (Å²) in [6.45, 7) is 1.07. The number of carboxylic acids is 1. The van der Waals surface area contributed by atoms with Gasteiger partial charge in [-0.3, -0.25) is 0 Å². The van der Waals surface area contributed by atoms with Crippen molar-refractivity contribution >= 4 is 12.0 Å². The molecule has 108 valence electrons. The molecular formula is C11H18N2O6. The standard InChI is InChI=1S/C11H18N2O6/c14-6-8-5-13(2-4-19-8)10(17)12-11(9(15)16)1-3-18-7-11/h8,14H,1-7H2,(H,12,17)(H,15,16). The summed E-state index contributed by atoms with van der Waals surface area (Å²) < 4.78 is 10.3. The Labute approximate surface area is 110 Å². The monoisotopic (exact) mass is 274 g/mol. The Bertz CT molecular complexity index is 355. The van der Waals surface area contributed by atoms with E-state index in [0.29, 0.717) is 19.8 Å². The van der Waals surface area contributed by atoms with Crippen LogP contribution in [0, 0.1) is 0 Å². The third kappa shape index (κ3) is 2.96. The summed E-state index contributed by atoms with van der Waals surface area (Å²) in [6.07, 6.45) is -0.165. The summed E-state index contributed by atoms with van der Waals surface area (Å²) in [5.74, 6) is -1.09. The number of carbonyl (C=O) groups excluding carboxylic acids is 1. The Kier molecular flexibility index (Phi) is 4.23. The summed E-state index contributed by atoms with van der Waals surface area (Å²) in [4.78, 5) is 24.8. The second kappa shape index (κ2) is 5.72. The van der Waals surface area contributed by atoms with Crippen LogP contribution in [0.3, 0.4) is 0 Å². The average molecular weight is 274 g/mol. The van der Waals surface area contributed by atoms with Crippen LogP contribution in [-0.2, 0) is 14.3 Å². The maximum Gasteiger partial charge on any atom is 0.332 e. The molecule has 19 heavy (non-hydrogen) atoms. The fourth-order valence-electron chi connectivity index (χ4n) is 2.18. The highest BCUT2D eigenvalue weighted by Crippen LogP contribution is 2.19. The highest BCUT2D eigenvalue weighted by molar-refractivity contribution is 5.86. The van der Waals surface area contributed by atoms with Gasteiger partial charge in [0, 0.05) is 19.6 Å². The van der Waals surface area contributed by atoms with Crippen LogP contribution >= 0.6 is 0 Å². The molecule has 0 radical (unpaired) electrons. The second-order valence-electron chi connectivity index (χ2n) is 4.74. The highest BCUT2D eigenvalue weighted by Gasteiger charge is 2.45. The predicted molar refractivity (Wildman–Crippen MR) is 62.7 cm³/mol. The zero-order valence-corrected chi connectivity index (χ0v) is 10.5. The molecule has 2 atom stereocenters. The number of hydrogen-bond acceptors (Lipinski definition) is 5. The van der Waals surface area contributed by atoms with Crippen LogP contribution in [0.5, 0.6) is 0 Å². The number of amides is 2. The molecule has 2 saturated heterocycles. The van der Waals surface area contributed by atoms with Crippen LogP contribution in [0.2, 0.25) is 0 Å². The van der Waals surface area contributed by atoms with E-state index in [4.69, 9.17) is 14.6 Å². The molecule has 3 N–H and O–H groups in total. The first kappa shape index (κ1) is 14.0. The van der Waals surface area contributed by atoms with E-state index < -0.39 is 23.6 Å². The Hall–Kier alpha value is -1.38. The van der Waals surface area contributed by atoms with Crippen molar-refractivity contribution in [1.29, 1.82) is 0 Å². The van der Waals surface area contributed by atoms with Crippen molar-refractivity contribution in [2.75, 3.05) is 39.5 Å². The first-order valence-electron chi connectivity index (χ1n) is 6.18. The number of aliphatic hydroxyl groups is 1. The van der Waals surface area contributed by atoms with E-state index in [1.54, 1.807) is 0 Å². The number of nitrogens with zero attached hydrogens (tertiary/aromatic N) is 1. The molecule has 2 amide bonds. The third-order valence-corrected chi connectivity index (χ3v) is 3.41. The number of morpholine rings is 1. The van der Waals surface area contributed by atoms with E-state index >= 15 is 0 Å². The number of aliphatic hydroxyl groups excluding tert-OH is 1. The van der Waals surface area contributed by atoms with Crippen LogP contribution < -0.4 is 5.32 Å². The number of urea groups is 1. The molecule has 0 aromatic carbocycles. The minimum Gasteiger partial charge on any atom is -0.479 e. The number of carbonyl (C=O) groups is 2. The summed E-state index contributed by atoms with van der Waals surface area (Å²) in [6, 6.07) is -0.463. The van der Waals surface area contributed by atoms with Crippen molar-refractivity contribution in [3.05, 3.63) is 0 Å². The quantitative estimate of drug-likeness (QED) is 0.586. The van der Waals surface area contributed by atoms with Gasteiger partial charge in [-0.1, -0.05) is 0 Å². The molecule has 2 unspecified atom stereocenters. The molecule has 2 aliphatic heterocycles. The number of hydrogen-bond donors (Lipinski definition) is 3. The molecule has 2 aliphatic rings. The minimum absolute atomic E-state index is 0.0260. The van der Waals surface area contributed by atoms with E-state index in [0.717, 1.165) is 0 Å². The first-order valence-corrected chi connectivity index (χ1v) is 6.18. The van der Waals surface area contributed by atoms with Crippen LogP contribution in [-0.4, -0.2) is 78.3 Å². The minimum atomic E-state index is -1.34. The summed E-state index contributed by atoms with van der Waals surface area (Å²) in [5.41, 5.74) is -1.34. The van der Waals surface area contributed by atoms with E-state index in [2.05, 4.69) is 5.32 Å². The molecule has 0 aliphatic carbocycles. The molecule has 0 aromatic heterocycles. The topological polar surface area (TPSA) is 108 Å². The number of carboxylic acid groups (broad SMARTS) is 1. The van der Waals surface area contributed by atoms with Gasteiger partial charge in [0.2, 0.25) is 0 Å². The molecule has 0 spiro atoms. The summed E-state index contributed by atoms with van der Waals surface area (Å²) >= 11 is 0. The molecular weight excluding hydrogens is 256 g/mol. The van der Waals surface area contributed by atoms with Gasteiger partial charge in [-0.15, -0.1) is 0 Å². The van der Waals surface area contributed by atoms with E-state index in [-0.39, 0.29) is 26.2 Å². The fourth-order valence-corrected chi connectivity index (χ4v) is 2.18. The van der Waals surface area contributed by atoms with Gasteiger partial charge in [0.1, 0.15) is 0 Å². The summed E-state index contributed by atoms with van der Waals surface area (Å²) in [7, 11) is 0. The van der Waals surface area contributed by atoms with Gasteiger partial charge in [-0.05, 0) is 0 Å². The smallest absolute Gasteiger partial charge is 0.332 e. The maximum atomic E-state index is 12.1. The van der Waals surface area contributed by atoms with E-state index in [1.165, 1.54) is 4.90 Å². The van der Waals surface area contributed by atoms with Crippen molar-refractivity contribution in [3.8, 4) is 0 Å². The molecule has 8 nitrogen and oxygen atoms in total. The lowest BCUT2D eigenvalue weighted by Crippen LogP contribution is -2.60. The normalized spacial score (nSPS) is 31.2. The summed E-state index contributed by atoms with van der Waals surface area (Å²) in [5, 5.41) is 20.8. The third-order valence-electron chi connectivity index (χ3n) is 3.41. The molecule has 0 saturated carbocycles. The maximum absolute atomic E-state index is 12.1. The number of rotatable bonds is 3. The van der Waals surface area contributed by atoms with Gasteiger partial charge < -0.3 is 29.9 Å². The van der Waals surface area contributed by atoms with Crippen molar-refractivity contribution in [2.45, 2.75) is 18.1 Å². The van der Waals surface area contributed by atoms with Gasteiger partial charge in [-0.2, -0.15) is 0 Å². The number of nitrogens with one attached hydrogen (secondary N) is 1. The van der Waals surface area contributed by atoms with Gasteiger partial charge in [0.05, 0.1) is 32.5 Å². The van der Waals surface area contributed by atoms with Gasteiger partial charge >= 0.3 is 12.0 Å². The van der Waals surface area contributed by atoms with Crippen LogP contribution in [0.15, 0.2) is 0 Å². The lowest BCUT2D eigenvalue weighted by atomic mass is 9.99. The molecule has 2 rings (SSSR count). The van der Waals surface area contributed by atoms with Crippen molar-refractivity contribution in [1.82, 2.24) is 10.2 Å². The molecule has 2 heterocycles. The molecule has 0 bridgehead atoms. The SMILES string of the molecule is O=C(NC1(C(=O)O)CCOC1)N1CCOC(CO)C1. The van der Waals surface area contributed by atoms with E-state index in [9.17, 15) is 14.7 Å². The van der Waals surface area contributed by atoms with Gasteiger partial charge in [0.15, 0.2) is 5.54 Å². The van der Waals surface area contributed by atoms with Crippen LogP contribution in [0.25, 0.3) is 0 Å². The predicted octanol–water partition coefficient (Wildman–Crippen LogP) is -1.37. The highest BCUT2D eigenvalue weighted by atomic mass is 16.5. The number of ether oxygens (including phenoxy) is 2. The molecule has 2 fully saturated rings. The Balaban J connectivity index is 1.97. The van der Waals surface area contributed by atoms with Gasteiger partial charge in [0.25, 0.3) is 0 Å². The van der Waals surface area contributed by atoms with Crippen molar-refractivity contribution in [3.63, 3.8) is 0 Å². The Morgan fingerprint density at radius 2 is 2.21 bits per heavy atom. The lowest BCUT2D eigenvalue weighted by Gasteiger charge is -2.34. The van der Waals surface area contributed by atoms with Crippen LogP contribution in [0.1, 0.15) is 6.42 Å². The molecule has 0 aromatic rings. The zero-order chi connectivity index (χ0) is 13.9.